The lowest BCUT2D eigenvalue weighted by atomic mass is 9.95. The maximum atomic E-state index is 6.26. The monoisotopic (exact) mass is 265 g/mol. The summed E-state index contributed by atoms with van der Waals surface area (Å²) >= 11 is 0. The number of hydrogen-bond donors (Lipinski definition) is 1. The van der Waals surface area contributed by atoms with Gasteiger partial charge in [0.05, 0.1) is 0 Å². The number of nitrogens with zero attached hydrogens (tertiary/aromatic N) is 2. The van der Waals surface area contributed by atoms with Crippen molar-refractivity contribution in [2.24, 2.45) is 17.6 Å². The minimum absolute atomic E-state index is 0.287. The summed E-state index contributed by atoms with van der Waals surface area (Å²) in [6.45, 7) is 10.5. The van der Waals surface area contributed by atoms with E-state index in [0.717, 1.165) is 18.4 Å². The van der Waals surface area contributed by atoms with Crippen molar-refractivity contribution in [3.8, 4) is 0 Å². The Morgan fingerprint density at radius 1 is 1.16 bits per heavy atom. The second-order valence-electron chi connectivity index (χ2n) is 7.53. The van der Waals surface area contributed by atoms with Crippen molar-refractivity contribution in [2.75, 3.05) is 32.7 Å². The van der Waals surface area contributed by atoms with Gasteiger partial charge in [0.1, 0.15) is 0 Å². The van der Waals surface area contributed by atoms with Gasteiger partial charge in [0, 0.05) is 44.3 Å². The standard InChI is InChI=1S/C16H31N3/c1-13(2)18-8-7-16(11-17,12-18)19(9-14-3-4-14)10-15-5-6-15/h13-15H,3-12,17H2,1-2H3. The van der Waals surface area contributed by atoms with E-state index in [2.05, 4.69) is 23.6 Å². The van der Waals surface area contributed by atoms with Crippen molar-refractivity contribution >= 4 is 0 Å². The normalized spacial score (nSPS) is 32.7. The van der Waals surface area contributed by atoms with Gasteiger partial charge in [-0.2, -0.15) is 0 Å². The highest BCUT2D eigenvalue weighted by molar-refractivity contribution is 5.03. The van der Waals surface area contributed by atoms with Crippen molar-refractivity contribution < 1.29 is 0 Å². The molecule has 1 atom stereocenters. The largest absolute Gasteiger partial charge is 0.329 e. The zero-order valence-corrected chi connectivity index (χ0v) is 12.8. The molecule has 2 N–H and O–H groups in total. The summed E-state index contributed by atoms with van der Waals surface area (Å²) in [5.74, 6) is 1.96. The molecule has 1 saturated heterocycles. The molecule has 0 radical (unpaired) electrons. The summed E-state index contributed by atoms with van der Waals surface area (Å²) in [6, 6.07) is 0.664. The van der Waals surface area contributed by atoms with Gasteiger partial charge in [-0.3, -0.25) is 9.80 Å². The van der Waals surface area contributed by atoms with E-state index in [0.29, 0.717) is 6.04 Å². The lowest BCUT2D eigenvalue weighted by Crippen LogP contribution is -2.57. The van der Waals surface area contributed by atoms with Gasteiger partial charge in [0.15, 0.2) is 0 Å². The molecule has 3 nitrogen and oxygen atoms in total. The predicted octanol–water partition coefficient (Wildman–Crippen LogP) is 1.92. The Kier molecular flexibility index (Phi) is 3.89. The van der Waals surface area contributed by atoms with E-state index in [1.165, 1.54) is 58.3 Å². The maximum absolute atomic E-state index is 6.26. The molecule has 2 aliphatic carbocycles. The van der Waals surface area contributed by atoms with E-state index < -0.39 is 0 Å². The number of hydrogen-bond acceptors (Lipinski definition) is 3. The Balaban J connectivity index is 1.68. The average Bonchev–Trinajstić information content (AvgIpc) is 3.31. The van der Waals surface area contributed by atoms with Crippen molar-refractivity contribution in [3.05, 3.63) is 0 Å². The predicted molar refractivity (Wildman–Crippen MR) is 80.1 cm³/mol. The first-order valence-corrected chi connectivity index (χ1v) is 8.32. The lowest BCUT2D eigenvalue weighted by Gasteiger charge is -2.41. The first-order chi connectivity index (χ1) is 9.13. The fourth-order valence-electron chi connectivity index (χ4n) is 3.57. The van der Waals surface area contributed by atoms with Crippen LogP contribution in [0.3, 0.4) is 0 Å². The Labute approximate surface area is 118 Å². The van der Waals surface area contributed by atoms with Crippen LogP contribution in [0.25, 0.3) is 0 Å². The summed E-state index contributed by atoms with van der Waals surface area (Å²) in [4.78, 5) is 5.43. The SMILES string of the molecule is CC(C)N1CCC(CN)(N(CC2CC2)CC2CC2)C1. The van der Waals surface area contributed by atoms with Crippen LogP contribution in [0.1, 0.15) is 46.0 Å². The van der Waals surface area contributed by atoms with Crippen LogP contribution in [0, 0.1) is 11.8 Å². The molecule has 19 heavy (non-hydrogen) atoms. The van der Waals surface area contributed by atoms with E-state index in [9.17, 15) is 0 Å². The Hall–Kier alpha value is -0.120. The molecule has 3 aliphatic rings. The van der Waals surface area contributed by atoms with Gasteiger partial charge in [0.25, 0.3) is 0 Å². The van der Waals surface area contributed by atoms with E-state index >= 15 is 0 Å². The Morgan fingerprint density at radius 3 is 2.11 bits per heavy atom. The Morgan fingerprint density at radius 2 is 1.74 bits per heavy atom. The summed E-state index contributed by atoms with van der Waals surface area (Å²) in [5.41, 5.74) is 6.54. The second-order valence-corrected chi connectivity index (χ2v) is 7.53. The highest BCUT2D eigenvalue weighted by Gasteiger charge is 2.45. The highest BCUT2D eigenvalue weighted by Crippen LogP contribution is 2.39. The molecule has 1 heterocycles. The third-order valence-electron chi connectivity index (χ3n) is 5.49. The van der Waals surface area contributed by atoms with Gasteiger partial charge in [-0.05, 0) is 57.8 Å². The molecule has 1 unspecified atom stereocenters. The molecule has 0 spiro atoms. The molecule has 0 amide bonds. The van der Waals surface area contributed by atoms with Crippen LogP contribution in [-0.4, -0.2) is 54.1 Å². The third-order valence-corrected chi connectivity index (χ3v) is 5.49. The van der Waals surface area contributed by atoms with Crippen LogP contribution in [0.2, 0.25) is 0 Å². The van der Waals surface area contributed by atoms with Crippen LogP contribution < -0.4 is 5.73 Å². The maximum Gasteiger partial charge on any atom is 0.0470 e. The average molecular weight is 265 g/mol. The second kappa shape index (κ2) is 5.34. The van der Waals surface area contributed by atoms with Crippen molar-refractivity contribution in [2.45, 2.75) is 57.5 Å². The molecule has 3 rings (SSSR count). The first kappa shape index (κ1) is 13.8. The smallest absolute Gasteiger partial charge is 0.0470 e. The molecule has 2 saturated carbocycles. The van der Waals surface area contributed by atoms with Gasteiger partial charge in [-0.25, -0.2) is 0 Å². The highest BCUT2D eigenvalue weighted by atomic mass is 15.3. The summed E-state index contributed by atoms with van der Waals surface area (Å²) in [7, 11) is 0. The van der Waals surface area contributed by atoms with Gasteiger partial charge in [-0.1, -0.05) is 0 Å². The zero-order valence-electron chi connectivity index (χ0n) is 12.8. The Bertz CT molecular complexity index is 295. The molecule has 1 aliphatic heterocycles. The minimum atomic E-state index is 0.287. The topological polar surface area (TPSA) is 32.5 Å². The van der Waals surface area contributed by atoms with Gasteiger partial charge < -0.3 is 5.73 Å². The van der Waals surface area contributed by atoms with Gasteiger partial charge >= 0.3 is 0 Å². The molecular formula is C16H31N3. The van der Waals surface area contributed by atoms with E-state index in [-0.39, 0.29) is 5.54 Å². The molecule has 3 fully saturated rings. The van der Waals surface area contributed by atoms with E-state index in [1.807, 2.05) is 0 Å². The summed E-state index contributed by atoms with van der Waals surface area (Å²) in [5, 5.41) is 0. The van der Waals surface area contributed by atoms with E-state index in [1.54, 1.807) is 0 Å². The van der Waals surface area contributed by atoms with E-state index in [4.69, 9.17) is 5.73 Å². The van der Waals surface area contributed by atoms with Crippen LogP contribution in [0.4, 0.5) is 0 Å². The fraction of sp³-hybridized carbons (Fsp3) is 1.00. The van der Waals surface area contributed by atoms with Crippen molar-refractivity contribution in [1.82, 2.24) is 9.80 Å². The first-order valence-electron chi connectivity index (χ1n) is 8.32. The molecule has 0 aromatic rings. The third kappa shape index (κ3) is 3.14. The minimum Gasteiger partial charge on any atom is -0.329 e. The number of nitrogens with two attached hydrogens (primary N) is 1. The van der Waals surface area contributed by atoms with Gasteiger partial charge in [0.2, 0.25) is 0 Å². The van der Waals surface area contributed by atoms with Crippen molar-refractivity contribution in [3.63, 3.8) is 0 Å². The van der Waals surface area contributed by atoms with Crippen LogP contribution in [0.15, 0.2) is 0 Å². The number of rotatable bonds is 7. The molecule has 0 bridgehead atoms. The molecule has 0 aromatic carbocycles. The van der Waals surface area contributed by atoms with Crippen LogP contribution in [0.5, 0.6) is 0 Å². The summed E-state index contributed by atoms with van der Waals surface area (Å²) in [6.07, 6.45) is 7.10. The fourth-order valence-corrected chi connectivity index (χ4v) is 3.57. The molecular weight excluding hydrogens is 234 g/mol. The number of likely N-dealkylation sites (tertiary alicyclic amines) is 1. The summed E-state index contributed by atoms with van der Waals surface area (Å²) < 4.78 is 0. The lowest BCUT2D eigenvalue weighted by molar-refractivity contribution is 0.0835. The quantitative estimate of drug-likeness (QED) is 0.763. The molecule has 3 heteroatoms. The zero-order chi connectivity index (χ0) is 13.5. The molecule has 110 valence electrons. The van der Waals surface area contributed by atoms with Gasteiger partial charge in [-0.15, -0.1) is 0 Å². The molecule has 0 aromatic heterocycles. The van der Waals surface area contributed by atoms with Crippen molar-refractivity contribution in [1.29, 1.82) is 0 Å². The van der Waals surface area contributed by atoms with Crippen LogP contribution >= 0.6 is 0 Å². The van der Waals surface area contributed by atoms with Crippen LogP contribution in [-0.2, 0) is 0 Å².